The van der Waals surface area contributed by atoms with Crippen molar-refractivity contribution >= 4 is 40.9 Å². The lowest BCUT2D eigenvalue weighted by atomic mass is 9.86. The maximum atomic E-state index is 9.96. The van der Waals surface area contributed by atoms with E-state index in [1.165, 1.54) is 44.2 Å². The van der Waals surface area contributed by atoms with E-state index in [-0.39, 0.29) is 18.3 Å². The van der Waals surface area contributed by atoms with E-state index in [0.29, 0.717) is 0 Å². The number of hydrogen-bond acceptors (Lipinski definition) is 2. The third-order valence-corrected chi connectivity index (χ3v) is 8.04. The number of halogens is 1. The molecule has 0 saturated carbocycles. The average molecular weight is 517 g/mol. The third-order valence-electron chi connectivity index (χ3n) is 8.04. The second-order valence-corrected chi connectivity index (χ2v) is 10.2. The molecule has 0 N–H and O–H groups in total. The van der Waals surface area contributed by atoms with Crippen LogP contribution in [-0.4, -0.2) is 24.5 Å². The van der Waals surface area contributed by atoms with Gasteiger partial charge in [0, 0.05) is 13.1 Å². The zero-order valence-corrected chi connectivity index (χ0v) is 22.5. The lowest BCUT2D eigenvalue weighted by Crippen LogP contribution is -2.32. The molecule has 0 radical (unpaired) electrons. The first-order chi connectivity index (χ1) is 18.3. The van der Waals surface area contributed by atoms with Gasteiger partial charge in [0.25, 0.3) is 0 Å². The van der Waals surface area contributed by atoms with Gasteiger partial charge in [-0.05, 0) is 76.4 Å². The fourth-order valence-corrected chi connectivity index (χ4v) is 6.11. The van der Waals surface area contributed by atoms with E-state index in [2.05, 4.69) is 114 Å². The maximum absolute atomic E-state index is 9.96. The van der Waals surface area contributed by atoms with Crippen LogP contribution in [0.2, 0.25) is 0 Å². The molecule has 1 heterocycles. The molecule has 4 aromatic rings. The summed E-state index contributed by atoms with van der Waals surface area (Å²) in [6.45, 7) is 3.23. The number of benzene rings is 4. The van der Waals surface area contributed by atoms with Gasteiger partial charge in [-0.25, -0.2) is 0 Å². The van der Waals surface area contributed by atoms with Crippen LogP contribution in [0.4, 0.5) is 0 Å². The number of piperidine rings is 1. The van der Waals surface area contributed by atoms with Crippen molar-refractivity contribution in [2.45, 2.75) is 31.6 Å². The quantitative estimate of drug-likeness (QED) is 0.233. The van der Waals surface area contributed by atoms with Crippen LogP contribution in [0.1, 0.15) is 59.4 Å². The molecule has 2 nitrogen and oxygen atoms in total. The number of likely N-dealkylation sites (tertiary alicyclic amines) is 1. The molecular weight excluding hydrogens is 484 g/mol. The zero-order valence-electron chi connectivity index (χ0n) is 21.6. The molecule has 1 aliphatic heterocycles. The second kappa shape index (κ2) is 11.8. The fraction of sp³-hybridized carbons (Fsp3) is 0.229. The predicted molar refractivity (Wildman–Crippen MR) is 162 cm³/mol. The number of fused-ring (bicyclic) bond motifs is 3. The third kappa shape index (κ3) is 5.18. The molecule has 190 valence electrons. The molecule has 0 bridgehead atoms. The number of nitriles is 1. The van der Waals surface area contributed by atoms with E-state index < -0.39 is 0 Å². The van der Waals surface area contributed by atoms with Gasteiger partial charge in [-0.2, -0.15) is 5.26 Å². The lowest BCUT2D eigenvalue weighted by Gasteiger charge is -2.30. The number of nitrogens with zero attached hydrogens (tertiary/aromatic N) is 2. The monoisotopic (exact) mass is 516 g/mol. The van der Waals surface area contributed by atoms with Gasteiger partial charge in [-0.3, -0.25) is 0 Å². The van der Waals surface area contributed by atoms with Crippen LogP contribution >= 0.6 is 12.4 Å². The van der Waals surface area contributed by atoms with Crippen molar-refractivity contribution in [1.29, 1.82) is 5.26 Å². The molecule has 2 aliphatic rings. The summed E-state index contributed by atoms with van der Waals surface area (Å²) in [5.74, 6) is -0.0555. The van der Waals surface area contributed by atoms with Crippen molar-refractivity contribution in [3.8, 4) is 6.07 Å². The molecule has 3 heteroatoms. The van der Waals surface area contributed by atoms with E-state index in [0.717, 1.165) is 45.3 Å². The summed E-state index contributed by atoms with van der Waals surface area (Å²) in [6, 6.07) is 35.0. The van der Waals surface area contributed by atoms with Crippen LogP contribution in [0.5, 0.6) is 0 Å². The average Bonchev–Trinajstić information content (AvgIpc) is 3.13. The van der Waals surface area contributed by atoms with Crippen molar-refractivity contribution in [3.05, 3.63) is 124 Å². The molecule has 1 atom stereocenters. The van der Waals surface area contributed by atoms with Crippen molar-refractivity contribution in [2.24, 2.45) is 0 Å². The summed E-state index contributed by atoms with van der Waals surface area (Å²) in [7, 11) is 0. The Hall–Kier alpha value is -3.64. The van der Waals surface area contributed by atoms with E-state index in [9.17, 15) is 5.26 Å². The highest BCUT2D eigenvalue weighted by Crippen LogP contribution is 2.38. The van der Waals surface area contributed by atoms with Crippen LogP contribution < -0.4 is 0 Å². The molecule has 38 heavy (non-hydrogen) atoms. The minimum atomic E-state index is -0.0555. The summed E-state index contributed by atoms with van der Waals surface area (Å²) in [5, 5.41) is 12.4. The number of hydrogen-bond donors (Lipinski definition) is 0. The maximum Gasteiger partial charge on any atom is 0.0719 e. The minimum Gasteiger partial charge on any atom is -0.303 e. The largest absolute Gasteiger partial charge is 0.303 e. The Bertz CT molecular complexity index is 1470. The Morgan fingerprint density at radius 2 is 1.34 bits per heavy atom. The molecule has 1 aliphatic carbocycles. The molecule has 6 rings (SSSR count). The predicted octanol–water partition coefficient (Wildman–Crippen LogP) is 8.73. The molecule has 0 amide bonds. The van der Waals surface area contributed by atoms with E-state index in [4.69, 9.17) is 0 Å². The van der Waals surface area contributed by atoms with Crippen LogP contribution in [0.15, 0.2) is 96.6 Å². The standard InChI is InChI=1S/C35H32N2.ClH/c36-25-30(32-17-7-12-26-9-1-4-14-31(26)32)13-8-22-37-23-20-29(21-24-37)35-33-15-5-2-10-27(33)18-19-28-11-3-6-16-34(28)35;/h1-7,9-12,14-19,30H,8,13,20-24H2;1H. The van der Waals surface area contributed by atoms with Gasteiger partial charge in [0.1, 0.15) is 0 Å². The van der Waals surface area contributed by atoms with Crippen LogP contribution in [-0.2, 0) is 0 Å². The van der Waals surface area contributed by atoms with E-state index >= 15 is 0 Å². The Balaban J connectivity index is 0.00000294. The van der Waals surface area contributed by atoms with E-state index in [1.807, 2.05) is 0 Å². The topological polar surface area (TPSA) is 27.0 Å². The first kappa shape index (κ1) is 26.0. The first-order valence-corrected chi connectivity index (χ1v) is 13.5. The summed E-state index contributed by atoms with van der Waals surface area (Å²) in [6.07, 6.45) is 8.67. The Kier molecular flexibility index (Phi) is 8.08. The van der Waals surface area contributed by atoms with Crippen LogP contribution in [0.25, 0.3) is 28.5 Å². The Morgan fingerprint density at radius 3 is 2.03 bits per heavy atom. The summed E-state index contributed by atoms with van der Waals surface area (Å²) >= 11 is 0. The Labute approximate surface area is 232 Å². The molecule has 1 saturated heterocycles. The van der Waals surface area contributed by atoms with Gasteiger partial charge in [0.05, 0.1) is 12.0 Å². The van der Waals surface area contributed by atoms with Gasteiger partial charge < -0.3 is 4.90 Å². The molecular formula is C35H33ClN2. The Morgan fingerprint density at radius 1 is 0.737 bits per heavy atom. The highest BCUT2D eigenvalue weighted by Gasteiger charge is 2.23. The SMILES string of the molecule is Cl.N#CC(CCCN1CCC(=C2c3ccccc3C=Cc3ccccc32)CC1)c1cccc2ccccc12. The smallest absolute Gasteiger partial charge is 0.0719 e. The molecule has 0 aromatic heterocycles. The van der Waals surface area contributed by atoms with Crippen LogP contribution in [0, 0.1) is 11.3 Å². The molecule has 1 unspecified atom stereocenters. The van der Waals surface area contributed by atoms with Crippen molar-refractivity contribution in [1.82, 2.24) is 4.90 Å². The molecule has 1 fully saturated rings. The van der Waals surface area contributed by atoms with Crippen LogP contribution in [0.3, 0.4) is 0 Å². The zero-order chi connectivity index (χ0) is 25.0. The lowest BCUT2D eigenvalue weighted by molar-refractivity contribution is 0.251. The summed E-state index contributed by atoms with van der Waals surface area (Å²) < 4.78 is 0. The van der Waals surface area contributed by atoms with Crippen molar-refractivity contribution in [3.63, 3.8) is 0 Å². The molecule has 0 spiro atoms. The highest BCUT2D eigenvalue weighted by molar-refractivity contribution is 5.95. The summed E-state index contributed by atoms with van der Waals surface area (Å²) in [5.41, 5.74) is 9.52. The van der Waals surface area contributed by atoms with Gasteiger partial charge >= 0.3 is 0 Å². The highest BCUT2D eigenvalue weighted by atomic mass is 35.5. The van der Waals surface area contributed by atoms with E-state index in [1.54, 1.807) is 5.57 Å². The van der Waals surface area contributed by atoms with Crippen molar-refractivity contribution in [2.75, 3.05) is 19.6 Å². The fourth-order valence-electron chi connectivity index (χ4n) is 6.11. The normalized spacial score (nSPS) is 15.7. The summed E-state index contributed by atoms with van der Waals surface area (Å²) in [4.78, 5) is 2.59. The molecule has 4 aromatic carbocycles. The first-order valence-electron chi connectivity index (χ1n) is 13.5. The van der Waals surface area contributed by atoms with Gasteiger partial charge in [-0.15, -0.1) is 12.4 Å². The second-order valence-electron chi connectivity index (χ2n) is 10.2. The van der Waals surface area contributed by atoms with Gasteiger partial charge in [0.2, 0.25) is 0 Å². The van der Waals surface area contributed by atoms with Crippen molar-refractivity contribution < 1.29 is 0 Å². The van der Waals surface area contributed by atoms with Gasteiger partial charge in [0.15, 0.2) is 0 Å². The number of rotatable bonds is 5. The minimum absolute atomic E-state index is 0. The van der Waals surface area contributed by atoms with Gasteiger partial charge in [-0.1, -0.05) is 109 Å².